The summed E-state index contributed by atoms with van der Waals surface area (Å²) in [6.45, 7) is 0. The fourth-order valence-corrected chi connectivity index (χ4v) is 4.11. The molecular weight excluding hydrogens is 285 g/mol. The number of rotatable bonds is 2. The number of hydrogen-bond acceptors (Lipinski definition) is 3. The largest absolute Gasteiger partial charge is 0.481 e. The molecule has 2 rings (SSSR count). The van der Waals surface area contributed by atoms with Crippen molar-refractivity contribution >= 4 is 15.8 Å². The molecule has 0 saturated carbocycles. The molecule has 0 saturated heterocycles. The number of benzene rings is 1. The van der Waals surface area contributed by atoms with Gasteiger partial charge >= 0.3 is 12.1 Å². The summed E-state index contributed by atoms with van der Waals surface area (Å²) < 4.78 is 62.3. The maximum absolute atomic E-state index is 12.8. The van der Waals surface area contributed by atoms with Gasteiger partial charge in [-0.05, 0) is 24.1 Å². The average Bonchev–Trinajstić information content (AvgIpc) is 2.49. The number of carbonyl (C=O) groups is 1. The van der Waals surface area contributed by atoms with Crippen LogP contribution in [0.3, 0.4) is 0 Å². The molecule has 1 aromatic rings. The fourth-order valence-electron chi connectivity index (χ4n) is 2.20. The lowest BCUT2D eigenvalue weighted by molar-refractivity contribution is -0.138. The van der Waals surface area contributed by atoms with Gasteiger partial charge in [-0.1, -0.05) is 6.07 Å². The Morgan fingerprint density at radius 3 is 2.53 bits per heavy atom. The minimum Gasteiger partial charge on any atom is -0.481 e. The molecule has 0 bridgehead atoms. The van der Waals surface area contributed by atoms with Gasteiger partial charge < -0.3 is 5.11 Å². The van der Waals surface area contributed by atoms with Gasteiger partial charge in [0.1, 0.15) is 0 Å². The molecule has 0 amide bonds. The van der Waals surface area contributed by atoms with Crippen LogP contribution in [0.1, 0.15) is 17.5 Å². The summed E-state index contributed by atoms with van der Waals surface area (Å²) in [5.74, 6) is -1.35. The fraction of sp³-hybridized carbons (Fsp3) is 0.364. The van der Waals surface area contributed by atoms with Gasteiger partial charge in [-0.3, -0.25) is 4.79 Å². The van der Waals surface area contributed by atoms with Crippen molar-refractivity contribution in [3.05, 3.63) is 29.3 Å². The number of alkyl halides is 3. The molecule has 0 fully saturated rings. The normalized spacial score (nSPS) is 21.1. The average molecular weight is 294 g/mol. The molecule has 104 valence electrons. The first-order valence-corrected chi connectivity index (χ1v) is 6.83. The Hall–Kier alpha value is -1.57. The summed E-state index contributed by atoms with van der Waals surface area (Å²) in [6, 6.07) is 2.90. The third-order valence-electron chi connectivity index (χ3n) is 3.02. The van der Waals surface area contributed by atoms with E-state index in [1.807, 2.05) is 0 Å². The number of hydrogen-bond donors (Lipinski definition) is 1. The van der Waals surface area contributed by atoms with Crippen LogP contribution in [0.15, 0.2) is 23.1 Å². The van der Waals surface area contributed by atoms with Gasteiger partial charge in [0.2, 0.25) is 0 Å². The Morgan fingerprint density at radius 2 is 2.00 bits per heavy atom. The molecule has 4 nitrogen and oxygen atoms in total. The summed E-state index contributed by atoms with van der Waals surface area (Å²) in [5.41, 5.74) is -1.34. The lowest BCUT2D eigenvalue weighted by Gasteiger charge is -2.10. The molecule has 8 heteroatoms. The molecule has 1 N–H and O–H groups in total. The third kappa shape index (κ3) is 2.32. The van der Waals surface area contributed by atoms with Gasteiger partial charge in [0.25, 0.3) is 0 Å². The maximum Gasteiger partial charge on any atom is 0.416 e. The van der Waals surface area contributed by atoms with Crippen LogP contribution in [0.4, 0.5) is 13.2 Å². The van der Waals surface area contributed by atoms with Crippen LogP contribution in [0.2, 0.25) is 0 Å². The van der Waals surface area contributed by atoms with Crippen LogP contribution < -0.4 is 0 Å². The first-order chi connectivity index (χ1) is 8.64. The first-order valence-electron chi connectivity index (χ1n) is 5.29. The molecule has 0 aliphatic carbocycles. The molecule has 1 atom stereocenters. The van der Waals surface area contributed by atoms with Crippen molar-refractivity contribution in [2.45, 2.75) is 29.2 Å². The molecule has 0 aromatic heterocycles. The Bertz CT molecular complexity index is 634. The van der Waals surface area contributed by atoms with Crippen LogP contribution in [0, 0.1) is 0 Å². The number of carboxylic acid groups (broad SMARTS) is 1. The van der Waals surface area contributed by atoms with Crippen LogP contribution >= 0.6 is 0 Å². The Balaban J connectivity index is 2.56. The predicted molar refractivity (Wildman–Crippen MR) is 58.4 cm³/mol. The molecule has 19 heavy (non-hydrogen) atoms. The number of aliphatic carboxylic acids is 1. The zero-order valence-corrected chi connectivity index (χ0v) is 10.3. The zero-order valence-electron chi connectivity index (χ0n) is 9.44. The number of carboxylic acids is 1. The highest BCUT2D eigenvalue weighted by atomic mass is 32.2. The van der Waals surface area contributed by atoms with E-state index in [1.165, 1.54) is 0 Å². The van der Waals surface area contributed by atoms with Crippen molar-refractivity contribution in [1.29, 1.82) is 0 Å². The highest BCUT2D eigenvalue weighted by molar-refractivity contribution is 7.92. The number of sulfone groups is 1. The highest BCUT2D eigenvalue weighted by Gasteiger charge is 2.44. The number of halogens is 3. The van der Waals surface area contributed by atoms with Crippen molar-refractivity contribution < 1.29 is 31.5 Å². The Labute approximate surface area is 106 Å². The smallest absolute Gasteiger partial charge is 0.416 e. The molecule has 1 aromatic carbocycles. The van der Waals surface area contributed by atoms with E-state index in [0.29, 0.717) is 0 Å². The van der Waals surface area contributed by atoms with E-state index in [4.69, 9.17) is 5.11 Å². The van der Waals surface area contributed by atoms with Gasteiger partial charge in [-0.25, -0.2) is 8.42 Å². The van der Waals surface area contributed by atoms with Crippen molar-refractivity contribution in [2.75, 3.05) is 0 Å². The second-order valence-corrected chi connectivity index (χ2v) is 6.45. The second-order valence-electron chi connectivity index (χ2n) is 4.25. The van der Waals surface area contributed by atoms with Crippen LogP contribution in [0.5, 0.6) is 0 Å². The molecule has 1 heterocycles. The summed E-state index contributed by atoms with van der Waals surface area (Å²) in [7, 11) is -4.01. The second kappa shape index (κ2) is 4.22. The van der Waals surface area contributed by atoms with E-state index in [-0.39, 0.29) is 5.56 Å². The molecule has 0 radical (unpaired) electrons. The standard InChI is InChI=1S/C11H9F3O4S/c12-11(13,14)8-2-1-3-9-7(8)4-6(5-10(15)16)19(9,17)18/h1-3,6H,4-5H2,(H,15,16). The van der Waals surface area contributed by atoms with Crippen molar-refractivity contribution in [3.8, 4) is 0 Å². The van der Waals surface area contributed by atoms with Crippen molar-refractivity contribution in [3.63, 3.8) is 0 Å². The summed E-state index contributed by atoms with van der Waals surface area (Å²) in [6.07, 6.45) is -5.77. The van der Waals surface area contributed by atoms with Crippen molar-refractivity contribution in [1.82, 2.24) is 0 Å². The highest BCUT2D eigenvalue weighted by Crippen LogP contribution is 2.41. The summed E-state index contributed by atoms with van der Waals surface area (Å²) >= 11 is 0. The summed E-state index contributed by atoms with van der Waals surface area (Å²) in [5, 5.41) is 7.30. The molecule has 1 aliphatic heterocycles. The quantitative estimate of drug-likeness (QED) is 0.904. The van der Waals surface area contributed by atoms with Crippen LogP contribution in [0.25, 0.3) is 0 Å². The van der Waals surface area contributed by atoms with Gasteiger partial charge in [0.15, 0.2) is 9.84 Å². The van der Waals surface area contributed by atoms with Crippen LogP contribution in [-0.4, -0.2) is 24.7 Å². The minimum atomic E-state index is -4.65. The van der Waals surface area contributed by atoms with Gasteiger partial charge in [0, 0.05) is 0 Å². The summed E-state index contributed by atoms with van der Waals surface area (Å²) in [4.78, 5) is 10.2. The molecule has 0 spiro atoms. The van der Waals surface area contributed by atoms with Crippen molar-refractivity contribution in [2.24, 2.45) is 0 Å². The van der Waals surface area contributed by atoms with E-state index in [2.05, 4.69) is 0 Å². The van der Waals surface area contributed by atoms with E-state index in [1.54, 1.807) is 0 Å². The molecule has 1 aliphatic rings. The van der Waals surface area contributed by atoms with Gasteiger partial charge in [-0.15, -0.1) is 0 Å². The van der Waals surface area contributed by atoms with E-state index in [9.17, 15) is 26.4 Å². The number of fused-ring (bicyclic) bond motifs is 1. The minimum absolute atomic E-state index is 0.332. The molecule has 1 unspecified atom stereocenters. The topological polar surface area (TPSA) is 71.4 Å². The van der Waals surface area contributed by atoms with E-state index >= 15 is 0 Å². The SMILES string of the molecule is O=C(O)CC1Cc2c(C(F)(F)F)cccc2S1(=O)=O. The van der Waals surface area contributed by atoms with Gasteiger partial charge in [0.05, 0.1) is 22.1 Å². The third-order valence-corrected chi connectivity index (χ3v) is 5.22. The van der Waals surface area contributed by atoms with E-state index in [0.717, 1.165) is 18.2 Å². The lowest BCUT2D eigenvalue weighted by Crippen LogP contribution is -2.20. The van der Waals surface area contributed by atoms with Gasteiger partial charge in [-0.2, -0.15) is 13.2 Å². The molecular formula is C11H9F3O4S. The monoisotopic (exact) mass is 294 g/mol. The van der Waals surface area contributed by atoms with E-state index < -0.39 is 50.5 Å². The predicted octanol–water partition coefficient (Wildman–Crippen LogP) is 1.88. The first kappa shape index (κ1) is 13.9. The maximum atomic E-state index is 12.8. The Morgan fingerprint density at radius 1 is 1.37 bits per heavy atom. The zero-order chi connectivity index (χ0) is 14.4. The Kier molecular flexibility index (Phi) is 3.08. The lowest BCUT2D eigenvalue weighted by atomic mass is 10.0. The van der Waals surface area contributed by atoms with Crippen LogP contribution in [-0.2, 0) is 27.2 Å².